The van der Waals surface area contributed by atoms with Crippen molar-refractivity contribution < 1.29 is 22.8 Å². The highest BCUT2D eigenvalue weighted by atomic mass is 35.5. The standard InChI is InChI=1S/C11H5ClF3N3O3/c12-9-4-16-5-10(17-9)21-8-2-1-6(11(13,14)15)3-7(8)18(19)20/h1-5H. The molecule has 1 aromatic heterocycles. The number of hydrogen-bond acceptors (Lipinski definition) is 5. The molecule has 1 aromatic carbocycles. The van der Waals surface area contributed by atoms with E-state index in [9.17, 15) is 23.3 Å². The Morgan fingerprint density at radius 3 is 2.57 bits per heavy atom. The van der Waals surface area contributed by atoms with Gasteiger partial charge in [-0.2, -0.15) is 18.2 Å². The maximum atomic E-state index is 12.5. The number of nitro groups is 1. The minimum absolute atomic E-state index is 0.0259. The van der Waals surface area contributed by atoms with Gasteiger partial charge >= 0.3 is 11.9 Å². The fraction of sp³-hybridized carbons (Fsp3) is 0.0909. The Hall–Kier alpha value is -2.42. The largest absolute Gasteiger partial charge is 0.430 e. The molecule has 0 aliphatic heterocycles. The lowest BCUT2D eigenvalue weighted by Gasteiger charge is -2.09. The van der Waals surface area contributed by atoms with Crippen LogP contribution in [0.5, 0.6) is 11.6 Å². The molecule has 0 saturated carbocycles. The van der Waals surface area contributed by atoms with Gasteiger partial charge < -0.3 is 4.74 Å². The van der Waals surface area contributed by atoms with Crippen LogP contribution in [0, 0.1) is 10.1 Å². The number of nitrogens with zero attached hydrogens (tertiary/aromatic N) is 3. The summed E-state index contributed by atoms with van der Waals surface area (Å²) in [4.78, 5) is 17.2. The van der Waals surface area contributed by atoms with E-state index in [1.54, 1.807) is 0 Å². The second-order valence-corrected chi connectivity index (χ2v) is 4.11. The summed E-state index contributed by atoms with van der Waals surface area (Å²) in [6.07, 6.45) is -2.37. The lowest BCUT2D eigenvalue weighted by atomic mass is 10.2. The molecular formula is C11H5ClF3N3O3. The monoisotopic (exact) mass is 319 g/mol. The van der Waals surface area contributed by atoms with Crippen LogP contribution in [0.25, 0.3) is 0 Å². The number of benzene rings is 1. The Balaban J connectivity index is 2.42. The van der Waals surface area contributed by atoms with Gasteiger partial charge in [0, 0.05) is 6.07 Å². The highest BCUT2D eigenvalue weighted by Gasteiger charge is 2.33. The second kappa shape index (κ2) is 5.52. The normalized spacial score (nSPS) is 11.2. The lowest BCUT2D eigenvalue weighted by Crippen LogP contribution is -2.06. The molecule has 10 heteroatoms. The van der Waals surface area contributed by atoms with E-state index in [4.69, 9.17) is 16.3 Å². The van der Waals surface area contributed by atoms with Crippen molar-refractivity contribution in [3.63, 3.8) is 0 Å². The maximum absolute atomic E-state index is 12.5. The molecule has 21 heavy (non-hydrogen) atoms. The molecule has 0 saturated heterocycles. The van der Waals surface area contributed by atoms with Crippen molar-refractivity contribution in [2.75, 3.05) is 0 Å². The molecule has 0 atom stereocenters. The van der Waals surface area contributed by atoms with Crippen molar-refractivity contribution in [2.24, 2.45) is 0 Å². The topological polar surface area (TPSA) is 78.2 Å². The van der Waals surface area contributed by atoms with Gasteiger partial charge in [0.25, 0.3) is 0 Å². The number of rotatable bonds is 3. The zero-order chi connectivity index (χ0) is 15.6. The van der Waals surface area contributed by atoms with Gasteiger partial charge in [0.15, 0.2) is 5.15 Å². The highest BCUT2D eigenvalue weighted by Crippen LogP contribution is 2.37. The zero-order valence-electron chi connectivity index (χ0n) is 9.96. The molecule has 2 aromatic rings. The number of ether oxygens (including phenoxy) is 1. The van der Waals surface area contributed by atoms with E-state index in [0.717, 1.165) is 12.3 Å². The Kier molecular flexibility index (Phi) is 3.94. The van der Waals surface area contributed by atoms with Crippen molar-refractivity contribution in [1.82, 2.24) is 9.97 Å². The van der Waals surface area contributed by atoms with Gasteiger partial charge in [-0.05, 0) is 12.1 Å². The van der Waals surface area contributed by atoms with Crippen LogP contribution in [-0.4, -0.2) is 14.9 Å². The second-order valence-electron chi connectivity index (χ2n) is 3.72. The molecule has 0 bridgehead atoms. The Bertz CT molecular complexity index is 694. The minimum atomic E-state index is -4.70. The maximum Gasteiger partial charge on any atom is 0.416 e. The van der Waals surface area contributed by atoms with Crippen molar-refractivity contribution in [2.45, 2.75) is 6.18 Å². The van der Waals surface area contributed by atoms with Gasteiger partial charge in [-0.15, -0.1) is 0 Å². The molecule has 0 spiro atoms. The quantitative estimate of drug-likeness (QED) is 0.634. The van der Waals surface area contributed by atoms with Crippen LogP contribution < -0.4 is 4.74 Å². The molecule has 0 unspecified atom stereocenters. The smallest absolute Gasteiger partial charge is 0.416 e. The van der Waals surface area contributed by atoms with Gasteiger partial charge in [-0.25, -0.2) is 0 Å². The van der Waals surface area contributed by atoms with Gasteiger partial charge in [-0.1, -0.05) is 11.6 Å². The Labute approximate surface area is 120 Å². The Morgan fingerprint density at radius 1 is 1.29 bits per heavy atom. The summed E-state index contributed by atoms with van der Waals surface area (Å²) in [7, 11) is 0. The summed E-state index contributed by atoms with van der Waals surface area (Å²) in [5.74, 6) is -0.574. The summed E-state index contributed by atoms with van der Waals surface area (Å²) in [5.41, 5.74) is -2.00. The first-order chi connectivity index (χ1) is 9.77. The van der Waals surface area contributed by atoms with Gasteiger partial charge in [-0.3, -0.25) is 15.1 Å². The van der Waals surface area contributed by atoms with Crippen LogP contribution in [0.4, 0.5) is 18.9 Å². The number of hydrogen-bond donors (Lipinski definition) is 0. The molecule has 0 fully saturated rings. The number of nitro benzene ring substituents is 1. The molecule has 6 nitrogen and oxygen atoms in total. The van der Waals surface area contributed by atoms with Crippen molar-refractivity contribution in [3.05, 3.63) is 51.4 Å². The summed E-state index contributed by atoms with van der Waals surface area (Å²) in [6, 6.07) is 1.89. The van der Waals surface area contributed by atoms with Crippen LogP contribution in [0.1, 0.15) is 5.56 Å². The molecule has 0 amide bonds. The van der Waals surface area contributed by atoms with Crippen molar-refractivity contribution in [1.29, 1.82) is 0 Å². The first-order valence-electron chi connectivity index (χ1n) is 5.28. The molecule has 110 valence electrons. The zero-order valence-corrected chi connectivity index (χ0v) is 10.7. The van der Waals surface area contributed by atoms with Crippen LogP contribution in [0.15, 0.2) is 30.6 Å². The molecule has 0 aliphatic rings. The van der Waals surface area contributed by atoms with Crippen molar-refractivity contribution in [3.8, 4) is 11.6 Å². The average molecular weight is 320 g/mol. The summed E-state index contributed by atoms with van der Waals surface area (Å²) in [6.45, 7) is 0. The first kappa shape index (κ1) is 15.0. The Morgan fingerprint density at radius 2 is 2.00 bits per heavy atom. The van der Waals surface area contributed by atoms with Gasteiger partial charge in [0.1, 0.15) is 0 Å². The molecule has 0 N–H and O–H groups in total. The predicted octanol–water partition coefficient (Wildman–Crippen LogP) is 3.85. The third-order valence-electron chi connectivity index (χ3n) is 2.28. The molecule has 0 radical (unpaired) electrons. The van der Waals surface area contributed by atoms with E-state index in [1.807, 2.05) is 0 Å². The average Bonchev–Trinajstić information content (AvgIpc) is 2.37. The molecular weight excluding hydrogens is 315 g/mol. The third-order valence-corrected chi connectivity index (χ3v) is 2.46. The van der Waals surface area contributed by atoms with E-state index in [2.05, 4.69) is 9.97 Å². The fourth-order valence-electron chi connectivity index (χ4n) is 1.41. The van der Waals surface area contributed by atoms with E-state index in [-0.39, 0.29) is 11.0 Å². The van der Waals surface area contributed by atoms with Gasteiger partial charge in [0.05, 0.1) is 22.9 Å². The number of halogens is 4. The summed E-state index contributed by atoms with van der Waals surface area (Å²) in [5, 5.41) is 10.8. The van der Waals surface area contributed by atoms with Crippen LogP contribution in [0.3, 0.4) is 0 Å². The minimum Gasteiger partial charge on any atom is -0.430 e. The van der Waals surface area contributed by atoms with E-state index in [1.165, 1.54) is 6.20 Å². The molecule has 0 aliphatic carbocycles. The highest BCUT2D eigenvalue weighted by molar-refractivity contribution is 6.29. The van der Waals surface area contributed by atoms with E-state index < -0.39 is 28.1 Å². The summed E-state index contributed by atoms with van der Waals surface area (Å²) >= 11 is 5.56. The van der Waals surface area contributed by atoms with E-state index >= 15 is 0 Å². The number of aromatic nitrogens is 2. The van der Waals surface area contributed by atoms with Crippen LogP contribution in [0.2, 0.25) is 5.15 Å². The predicted molar refractivity (Wildman–Crippen MR) is 65.2 cm³/mol. The van der Waals surface area contributed by atoms with Crippen LogP contribution >= 0.6 is 11.6 Å². The fourth-order valence-corrected chi connectivity index (χ4v) is 1.55. The van der Waals surface area contributed by atoms with E-state index in [0.29, 0.717) is 12.1 Å². The number of alkyl halides is 3. The first-order valence-corrected chi connectivity index (χ1v) is 5.66. The third kappa shape index (κ3) is 3.57. The van der Waals surface area contributed by atoms with Crippen molar-refractivity contribution >= 4 is 17.3 Å². The lowest BCUT2D eigenvalue weighted by molar-refractivity contribution is -0.385. The van der Waals surface area contributed by atoms with Crippen LogP contribution in [-0.2, 0) is 6.18 Å². The molecule has 2 rings (SSSR count). The van der Waals surface area contributed by atoms with Gasteiger partial charge in [0.2, 0.25) is 11.6 Å². The summed E-state index contributed by atoms with van der Waals surface area (Å²) < 4.78 is 42.7. The molecule has 1 heterocycles. The SMILES string of the molecule is O=[N+]([O-])c1cc(C(F)(F)F)ccc1Oc1cncc(Cl)n1.